The van der Waals surface area contributed by atoms with Gasteiger partial charge in [0.1, 0.15) is 41.5 Å². The van der Waals surface area contributed by atoms with Crippen molar-refractivity contribution in [3.8, 4) is 11.8 Å². The van der Waals surface area contributed by atoms with Gasteiger partial charge in [0.2, 0.25) is 0 Å². The fourth-order valence-electron chi connectivity index (χ4n) is 7.10. The Labute approximate surface area is 337 Å². The van der Waals surface area contributed by atoms with Gasteiger partial charge in [-0.2, -0.15) is 10.4 Å². The summed E-state index contributed by atoms with van der Waals surface area (Å²) in [5, 5.41) is 35.4. The lowest BCUT2D eigenvalue weighted by Crippen LogP contribution is -2.39. The quantitative estimate of drug-likeness (QED) is 0.0395. The standard InChI is InChI=1S/C41H64N5O10P/c1-4-5-6-7-8-9-10-11-12-13-14-15-16-17-18-19-24-52-28-33(53-27-32-25-31(26-42)20-22-35(32)51-3)29-54-57(49,50)56-40-37(47)38(48)41(2,55-40)36-23-21-34-39(43)44-30-45-46(34)36/h20-23,25,30,33,37-38,40,47-48H,4-19,24,27-29H2,1-3H3,(H,49,50)(H2,43,44,45)/t33-,37+,38-,40-,41+/m1/s1. The van der Waals surface area contributed by atoms with Crippen molar-refractivity contribution in [1.29, 1.82) is 5.26 Å². The monoisotopic (exact) mass is 817 g/mol. The predicted octanol–water partition coefficient (Wildman–Crippen LogP) is 7.48. The molecule has 0 saturated carbocycles. The summed E-state index contributed by atoms with van der Waals surface area (Å²) in [6.07, 6.45) is 15.7. The highest BCUT2D eigenvalue weighted by Gasteiger charge is 2.56. The highest BCUT2D eigenvalue weighted by Crippen LogP contribution is 2.50. The number of benzene rings is 1. The summed E-state index contributed by atoms with van der Waals surface area (Å²) >= 11 is 0. The average molecular weight is 818 g/mol. The number of hydrogen-bond acceptors (Lipinski definition) is 13. The molecule has 1 saturated heterocycles. The minimum Gasteiger partial charge on any atom is -0.496 e. The molecule has 6 atom stereocenters. The molecular formula is C41H64N5O10P. The molecule has 1 aromatic carbocycles. The van der Waals surface area contributed by atoms with Crippen molar-refractivity contribution in [3.63, 3.8) is 0 Å². The molecule has 3 heterocycles. The molecule has 15 nitrogen and oxygen atoms in total. The van der Waals surface area contributed by atoms with Crippen molar-refractivity contribution in [3.05, 3.63) is 53.5 Å². The number of anilines is 1. The van der Waals surface area contributed by atoms with Crippen LogP contribution >= 0.6 is 7.82 Å². The molecule has 318 valence electrons. The SMILES string of the molecule is CCCCCCCCCCCCCCCCCCOC[C@H](COP(=O)(O)O[C@H]1O[C@@](C)(c2ccc3c(N)ncnn23)[C@H](O)[C@@H]1O)OCc1cc(C#N)ccc1OC. The molecule has 0 bridgehead atoms. The van der Waals surface area contributed by atoms with Crippen molar-refractivity contribution < 1.29 is 47.7 Å². The number of ether oxygens (including phenoxy) is 4. The number of methoxy groups -OCH3 is 1. The van der Waals surface area contributed by atoms with Gasteiger partial charge < -0.3 is 39.8 Å². The van der Waals surface area contributed by atoms with Crippen LogP contribution in [-0.4, -0.2) is 81.2 Å². The first-order valence-corrected chi connectivity index (χ1v) is 22.1. The molecule has 0 spiro atoms. The Morgan fingerprint density at radius 1 is 0.965 bits per heavy atom. The number of aromatic nitrogens is 3. The number of nitrogens with two attached hydrogens (primary N) is 1. The van der Waals surface area contributed by atoms with Crippen molar-refractivity contribution >= 4 is 19.2 Å². The molecule has 1 fully saturated rings. The van der Waals surface area contributed by atoms with E-state index in [2.05, 4.69) is 23.1 Å². The van der Waals surface area contributed by atoms with Crippen LogP contribution in [0, 0.1) is 11.3 Å². The van der Waals surface area contributed by atoms with E-state index in [1.165, 1.54) is 108 Å². The lowest BCUT2D eigenvalue weighted by atomic mass is 9.94. The number of hydrogen-bond donors (Lipinski definition) is 4. The van der Waals surface area contributed by atoms with Crippen LogP contribution in [0.5, 0.6) is 5.75 Å². The van der Waals surface area contributed by atoms with Crippen LogP contribution in [0.15, 0.2) is 36.7 Å². The number of aliphatic hydroxyl groups excluding tert-OH is 2. The Balaban J connectivity index is 1.22. The van der Waals surface area contributed by atoms with E-state index in [-0.39, 0.29) is 19.0 Å². The van der Waals surface area contributed by atoms with Crippen molar-refractivity contribution in [2.75, 3.05) is 32.7 Å². The number of nitrogens with zero attached hydrogens (tertiary/aromatic N) is 4. The summed E-state index contributed by atoms with van der Waals surface area (Å²) in [6.45, 7) is 3.85. The van der Waals surface area contributed by atoms with Gasteiger partial charge in [-0.1, -0.05) is 103 Å². The van der Waals surface area contributed by atoms with E-state index in [0.29, 0.717) is 34.7 Å². The summed E-state index contributed by atoms with van der Waals surface area (Å²) in [6, 6.07) is 10.3. The fourth-order valence-corrected chi connectivity index (χ4v) is 7.94. The summed E-state index contributed by atoms with van der Waals surface area (Å²) < 4.78 is 48.5. The Bertz CT molecular complexity index is 1720. The van der Waals surface area contributed by atoms with Gasteiger partial charge in [0.15, 0.2) is 12.1 Å². The zero-order valence-corrected chi connectivity index (χ0v) is 34.8. The zero-order chi connectivity index (χ0) is 41.1. The number of unbranched alkanes of at least 4 members (excludes halogenated alkanes) is 15. The second kappa shape index (κ2) is 24.1. The van der Waals surface area contributed by atoms with Gasteiger partial charge in [-0.25, -0.2) is 14.1 Å². The van der Waals surface area contributed by atoms with E-state index in [9.17, 15) is 24.9 Å². The third-order valence-corrected chi connectivity index (χ3v) is 11.5. The molecule has 0 radical (unpaired) electrons. The molecule has 1 aliphatic heterocycles. The number of rotatable bonds is 29. The van der Waals surface area contributed by atoms with E-state index in [0.717, 1.165) is 19.3 Å². The highest BCUT2D eigenvalue weighted by molar-refractivity contribution is 7.47. The maximum absolute atomic E-state index is 13.2. The zero-order valence-electron chi connectivity index (χ0n) is 33.9. The maximum atomic E-state index is 13.2. The molecular weight excluding hydrogens is 753 g/mol. The topological polar surface area (TPSA) is 213 Å². The van der Waals surface area contributed by atoms with E-state index in [4.69, 9.17) is 33.7 Å². The molecule has 1 unspecified atom stereocenters. The second-order valence-corrected chi connectivity index (χ2v) is 16.4. The molecule has 0 aliphatic carbocycles. The molecule has 57 heavy (non-hydrogen) atoms. The lowest BCUT2D eigenvalue weighted by Gasteiger charge is -2.27. The molecule has 1 aliphatic rings. The third kappa shape index (κ3) is 14.3. The first-order chi connectivity index (χ1) is 27.5. The predicted molar refractivity (Wildman–Crippen MR) is 215 cm³/mol. The van der Waals surface area contributed by atoms with Crippen LogP contribution in [0.4, 0.5) is 5.82 Å². The molecule has 2 aromatic heterocycles. The van der Waals surface area contributed by atoms with Crippen molar-refractivity contribution in [2.45, 2.75) is 153 Å². The normalized spacial score (nSPS) is 21.1. The number of nitriles is 1. The van der Waals surface area contributed by atoms with Crippen LogP contribution in [0.3, 0.4) is 0 Å². The highest BCUT2D eigenvalue weighted by atomic mass is 31.2. The number of fused-ring (bicyclic) bond motifs is 1. The van der Waals surface area contributed by atoms with Gasteiger partial charge in [-0.05, 0) is 43.7 Å². The van der Waals surface area contributed by atoms with Gasteiger partial charge in [-0.3, -0.25) is 9.05 Å². The molecule has 3 aromatic rings. The van der Waals surface area contributed by atoms with Crippen molar-refractivity contribution in [2.24, 2.45) is 0 Å². The number of phosphoric ester groups is 1. The number of nitrogen functional groups attached to an aromatic ring is 1. The van der Waals surface area contributed by atoms with Crippen LogP contribution in [0.25, 0.3) is 5.52 Å². The molecule has 4 rings (SSSR count). The van der Waals surface area contributed by atoms with E-state index in [1.807, 2.05) is 0 Å². The largest absolute Gasteiger partial charge is 0.496 e. The van der Waals surface area contributed by atoms with Crippen LogP contribution in [-0.2, 0) is 40.0 Å². The van der Waals surface area contributed by atoms with Crippen LogP contribution in [0.1, 0.15) is 133 Å². The van der Waals surface area contributed by atoms with Gasteiger partial charge in [0.25, 0.3) is 0 Å². The Morgan fingerprint density at radius 3 is 2.21 bits per heavy atom. The molecule has 5 N–H and O–H groups in total. The smallest absolute Gasteiger partial charge is 0.474 e. The lowest BCUT2D eigenvalue weighted by molar-refractivity contribution is -0.157. The Morgan fingerprint density at radius 2 is 1.60 bits per heavy atom. The minimum absolute atomic E-state index is 0.0000514. The van der Waals surface area contributed by atoms with Crippen LogP contribution < -0.4 is 10.5 Å². The summed E-state index contributed by atoms with van der Waals surface area (Å²) in [4.78, 5) is 14.7. The second-order valence-electron chi connectivity index (χ2n) is 15.0. The third-order valence-electron chi connectivity index (χ3n) is 10.5. The van der Waals surface area contributed by atoms with Gasteiger partial charge in [-0.15, -0.1) is 0 Å². The number of aliphatic hydroxyl groups is 2. The summed E-state index contributed by atoms with van der Waals surface area (Å²) in [5.41, 5.74) is 6.11. The van der Waals surface area contributed by atoms with Crippen molar-refractivity contribution in [1.82, 2.24) is 14.6 Å². The van der Waals surface area contributed by atoms with E-state index >= 15 is 0 Å². The fraction of sp³-hybridized carbons (Fsp3) is 0.683. The van der Waals surface area contributed by atoms with Crippen LogP contribution in [0.2, 0.25) is 0 Å². The molecule has 16 heteroatoms. The maximum Gasteiger partial charge on any atom is 0.474 e. The summed E-state index contributed by atoms with van der Waals surface area (Å²) in [5.74, 6) is 0.703. The molecule has 0 amide bonds. The minimum atomic E-state index is -4.90. The average Bonchev–Trinajstić information content (AvgIpc) is 3.74. The first-order valence-electron chi connectivity index (χ1n) is 20.6. The van der Waals surface area contributed by atoms with Gasteiger partial charge in [0.05, 0.1) is 44.3 Å². The van der Waals surface area contributed by atoms with Gasteiger partial charge in [0, 0.05) is 12.2 Å². The first kappa shape index (κ1) is 46.5. The van der Waals surface area contributed by atoms with E-state index in [1.54, 1.807) is 30.3 Å². The summed E-state index contributed by atoms with van der Waals surface area (Å²) in [7, 11) is -3.39. The number of phosphoric acid groups is 1. The van der Waals surface area contributed by atoms with Gasteiger partial charge >= 0.3 is 7.82 Å². The van der Waals surface area contributed by atoms with E-state index < -0.39 is 44.6 Å². The Hall–Kier alpha value is -3.16. The Kier molecular flexibility index (Phi) is 19.6.